The van der Waals surface area contributed by atoms with Crippen molar-refractivity contribution in [3.05, 3.63) is 29.3 Å². The van der Waals surface area contributed by atoms with Crippen LogP contribution < -0.4 is 0 Å². The van der Waals surface area contributed by atoms with Crippen molar-refractivity contribution in [2.24, 2.45) is 26.7 Å². The lowest BCUT2D eigenvalue weighted by Gasteiger charge is -2.38. The minimum Gasteiger partial charge on any atom is -0.506 e. The molecule has 1 heterocycles. The molecule has 1 unspecified atom stereocenters. The molecule has 32 heavy (non-hydrogen) atoms. The molecule has 1 atom stereocenters. The van der Waals surface area contributed by atoms with Crippen molar-refractivity contribution in [2.75, 3.05) is 0 Å². The van der Waals surface area contributed by atoms with Gasteiger partial charge in [-0.15, -0.1) is 0 Å². The summed E-state index contributed by atoms with van der Waals surface area (Å²) in [4.78, 5) is 23.9. The average Bonchev–Trinajstić information content (AvgIpc) is 3.00. The molecule has 1 aromatic rings. The number of carboxylic acids is 1. The first-order valence-corrected chi connectivity index (χ1v) is 11.0. The van der Waals surface area contributed by atoms with Crippen molar-refractivity contribution in [3.8, 4) is 5.75 Å². The molecule has 0 spiro atoms. The summed E-state index contributed by atoms with van der Waals surface area (Å²) in [5, 5.41) is 33.5. The third-order valence-corrected chi connectivity index (χ3v) is 6.39. The third-order valence-electron chi connectivity index (χ3n) is 6.39. The van der Waals surface area contributed by atoms with Crippen LogP contribution in [0.5, 0.6) is 5.75 Å². The number of rotatable bonds is 5. The Kier molecular flexibility index (Phi) is 6.81. The Morgan fingerprint density at radius 1 is 1.22 bits per heavy atom. The first-order valence-electron chi connectivity index (χ1n) is 11.0. The second-order valence-electron chi connectivity index (χ2n) is 9.79. The van der Waals surface area contributed by atoms with Crippen molar-refractivity contribution >= 4 is 29.4 Å². The quantitative estimate of drug-likeness (QED) is 0.486. The molecule has 2 N–H and O–H groups in total. The van der Waals surface area contributed by atoms with Crippen molar-refractivity contribution in [2.45, 2.75) is 72.4 Å². The van der Waals surface area contributed by atoms with E-state index in [1.807, 2.05) is 0 Å². The van der Waals surface area contributed by atoms with Crippen LogP contribution in [-0.4, -0.2) is 44.9 Å². The van der Waals surface area contributed by atoms with Gasteiger partial charge in [0.15, 0.2) is 6.04 Å². The largest absolute Gasteiger partial charge is 0.506 e. The number of carbonyl (C=O) groups excluding carboxylic acids is 1. The van der Waals surface area contributed by atoms with Crippen molar-refractivity contribution in [1.29, 1.82) is 0 Å². The Morgan fingerprint density at radius 3 is 2.44 bits per heavy atom. The zero-order chi connectivity index (χ0) is 23.6. The second-order valence-corrected chi connectivity index (χ2v) is 9.79. The highest BCUT2D eigenvalue weighted by Gasteiger charge is 2.40. The zero-order valence-electron chi connectivity index (χ0n) is 19.4. The molecule has 1 saturated carbocycles. The number of aromatic hydroxyl groups is 1. The molecule has 1 aliphatic carbocycles. The SMILES string of the molecule is CC1=NN(C2CCC(C(C)(C)C)CC2)C(=O)C1/N=N/c1ccc(/C=C(\C)C(=O)O)cc1O. The van der Waals surface area contributed by atoms with E-state index in [0.717, 1.165) is 25.7 Å². The number of carboxylic acid groups (broad SMARTS) is 1. The molecular formula is C24H32N4O4. The van der Waals surface area contributed by atoms with Gasteiger partial charge in [-0.2, -0.15) is 15.3 Å². The molecule has 8 nitrogen and oxygen atoms in total. The number of hydrazone groups is 1. The van der Waals surface area contributed by atoms with Crippen LogP contribution in [0, 0.1) is 11.3 Å². The van der Waals surface area contributed by atoms with E-state index in [4.69, 9.17) is 5.11 Å². The van der Waals surface area contributed by atoms with Gasteiger partial charge in [-0.3, -0.25) is 4.79 Å². The maximum Gasteiger partial charge on any atom is 0.331 e. The molecule has 1 aromatic carbocycles. The molecule has 1 amide bonds. The molecule has 8 heteroatoms. The summed E-state index contributed by atoms with van der Waals surface area (Å²) in [5.74, 6) is -0.698. The van der Waals surface area contributed by atoms with Gasteiger partial charge in [-0.1, -0.05) is 26.8 Å². The van der Waals surface area contributed by atoms with Crippen LogP contribution in [0.15, 0.2) is 39.1 Å². The summed E-state index contributed by atoms with van der Waals surface area (Å²) < 4.78 is 0. The average molecular weight is 441 g/mol. The highest BCUT2D eigenvalue weighted by atomic mass is 16.4. The lowest BCUT2D eigenvalue weighted by molar-refractivity contribution is -0.133. The first kappa shape index (κ1) is 23.6. The standard InChI is InChI=1S/C24H32N4O4/c1-14(23(31)32)12-16-6-11-19(20(29)13-16)25-26-21-15(2)27-28(22(21)30)18-9-7-17(8-10-18)24(3,4)5/h6,11-13,17-18,21,29H,7-10H2,1-5H3,(H,31,32)/b14-12+,26-25+. The smallest absolute Gasteiger partial charge is 0.331 e. The van der Waals surface area contributed by atoms with Gasteiger partial charge < -0.3 is 10.2 Å². The number of benzene rings is 1. The molecule has 172 valence electrons. The van der Waals surface area contributed by atoms with Crippen molar-refractivity contribution < 1.29 is 19.8 Å². The van der Waals surface area contributed by atoms with Crippen LogP contribution >= 0.6 is 0 Å². The summed E-state index contributed by atoms with van der Waals surface area (Å²) in [7, 11) is 0. The minimum absolute atomic E-state index is 0.0909. The summed E-state index contributed by atoms with van der Waals surface area (Å²) >= 11 is 0. The Morgan fingerprint density at radius 2 is 1.88 bits per heavy atom. The topological polar surface area (TPSA) is 115 Å². The first-order chi connectivity index (χ1) is 15.0. The number of phenolic OH excluding ortho intramolecular Hbond substituents is 1. The molecule has 0 saturated heterocycles. The van der Waals surface area contributed by atoms with Gasteiger partial charge in [0.2, 0.25) is 0 Å². The van der Waals surface area contributed by atoms with E-state index in [1.165, 1.54) is 25.1 Å². The van der Waals surface area contributed by atoms with Crippen molar-refractivity contribution in [1.82, 2.24) is 5.01 Å². The maximum atomic E-state index is 13.0. The molecule has 1 aliphatic heterocycles. The molecular weight excluding hydrogens is 408 g/mol. The predicted molar refractivity (Wildman–Crippen MR) is 123 cm³/mol. The van der Waals surface area contributed by atoms with Gasteiger partial charge in [-0.05, 0) is 74.6 Å². The maximum absolute atomic E-state index is 13.0. The van der Waals surface area contributed by atoms with E-state index < -0.39 is 12.0 Å². The van der Waals surface area contributed by atoms with E-state index in [0.29, 0.717) is 17.2 Å². The van der Waals surface area contributed by atoms with Gasteiger partial charge >= 0.3 is 5.97 Å². The second kappa shape index (κ2) is 9.22. The fraction of sp³-hybridized carbons (Fsp3) is 0.542. The van der Waals surface area contributed by atoms with Gasteiger partial charge in [0.25, 0.3) is 5.91 Å². The van der Waals surface area contributed by atoms with E-state index in [2.05, 4.69) is 36.1 Å². The van der Waals surface area contributed by atoms with E-state index in [-0.39, 0.29) is 34.4 Å². The molecule has 1 fully saturated rings. The minimum atomic E-state index is -1.03. The highest BCUT2D eigenvalue weighted by molar-refractivity contribution is 6.10. The molecule has 2 aliphatic rings. The monoisotopic (exact) mass is 440 g/mol. The van der Waals surface area contributed by atoms with E-state index in [9.17, 15) is 14.7 Å². The van der Waals surface area contributed by atoms with E-state index >= 15 is 0 Å². The fourth-order valence-electron chi connectivity index (χ4n) is 4.31. The highest BCUT2D eigenvalue weighted by Crippen LogP contribution is 2.40. The van der Waals surface area contributed by atoms with Gasteiger partial charge in [0.1, 0.15) is 11.4 Å². The summed E-state index contributed by atoms with van der Waals surface area (Å²) in [6.07, 6.45) is 5.47. The predicted octanol–water partition coefficient (Wildman–Crippen LogP) is 5.16. The van der Waals surface area contributed by atoms with Crippen LogP contribution in [0.2, 0.25) is 0 Å². The van der Waals surface area contributed by atoms with Crippen molar-refractivity contribution in [3.63, 3.8) is 0 Å². The number of amides is 1. The number of carbonyl (C=O) groups is 2. The van der Waals surface area contributed by atoms with Crippen LogP contribution in [0.1, 0.15) is 65.9 Å². The van der Waals surface area contributed by atoms with Crippen LogP contribution in [-0.2, 0) is 9.59 Å². The number of phenols is 1. The number of hydrogen-bond donors (Lipinski definition) is 2. The number of nitrogens with zero attached hydrogens (tertiary/aromatic N) is 4. The van der Waals surface area contributed by atoms with Crippen LogP contribution in [0.25, 0.3) is 6.08 Å². The zero-order valence-corrected chi connectivity index (χ0v) is 19.4. The lowest BCUT2D eigenvalue weighted by atomic mass is 9.71. The summed E-state index contributed by atoms with van der Waals surface area (Å²) in [5.41, 5.74) is 1.76. The van der Waals surface area contributed by atoms with Gasteiger partial charge in [-0.25, -0.2) is 9.80 Å². The fourth-order valence-corrected chi connectivity index (χ4v) is 4.31. The lowest BCUT2D eigenvalue weighted by Crippen LogP contribution is -2.41. The Labute approximate surface area is 188 Å². The van der Waals surface area contributed by atoms with Gasteiger partial charge in [0, 0.05) is 5.57 Å². The Balaban J connectivity index is 1.67. The summed E-state index contributed by atoms with van der Waals surface area (Å²) in [6.45, 7) is 10.0. The Hall–Kier alpha value is -3.03. The normalized spacial score (nSPS) is 24.8. The van der Waals surface area contributed by atoms with Crippen LogP contribution in [0.4, 0.5) is 5.69 Å². The van der Waals surface area contributed by atoms with Gasteiger partial charge in [0.05, 0.1) is 11.8 Å². The number of aliphatic carboxylic acids is 1. The van der Waals surface area contributed by atoms with Crippen LogP contribution in [0.3, 0.4) is 0 Å². The Bertz CT molecular complexity index is 982. The molecule has 0 bridgehead atoms. The number of azo groups is 1. The van der Waals surface area contributed by atoms with E-state index in [1.54, 1.807) is 18.0 Å². The summed E-state index contributed by atoms with van der Waals surface area (Å²) in [6, 6.07) is 3.89. The third kappa shape index (κ3) is 5.23. The number of hydrogen-bond acceptors (Lipinski definition) is 6. The molecule has 3 rings (SSSR count). The molecule has 0 aromatic heterocycles. The molecule has 0 radical (unpaired) electrons.